The normalized spacial score (nSPS) is 21.5. The lowest BCUT2D eigenvalue weighted by molar-refractivity contribution is 0.478. The Labute approximate surface area is 129 Å². The molecule has 3 heterocycles. The van der Waals surface area contributed by atoms with Gasteiger partial charge in [-0.05, 0) is 55.6 Å². The smallest absolute Gasteiger partial charge is 0.0682 e. The Morgan fingerprint density at radius 2 is 1.71 bits per heavy atom. The first kappa shape index (κ1) is 15.1. The molecule has 2 fully saturated rings. The zero-order chi connectivity index (χ0) is 14.5. The molecule has 0 radical (unpaired) electrons. The molecule has 2 saturated heterocycles. The van der Waals surface area contributed by atoms with Gasteiger partial charge in [-0.25, -0.2) is 0 Å². The summed E-state index contributed by atoms with van der Waals surface area (Å²) in [7, 11) is -0.262. The summed E-state index contributed by atoms with van der Waals surface area (Å²) in [6, 6.07) is 6.20. The summed E-state index contributed by atoms with van der Waals surface area (Å²) >= 11 is 0. The molecule has 0 spiro atoms. The second-order valence-electron chi connectivity index (χ2n) is 5.85. The molecule has 0 amide bonds. The van der Waals surface area contributed by atoms with E-state index in [0.717, 1.165) is 12.1 Å². The molecule has 1 aromatic rings. The molecule has 3 nitrogen and oxygen atoms in total. The highest BCUT2D eigenvalue weighted by Crippen LogP contribution is 2.56. The van der Waals surface area contributed by atoms with E-state index in [1.807, 2.05) is 12.3 Å². The van der Waals surface area contributed by atoms with E-state index in [1.165, 1.54) is 51.9 Å². The highest BCUT2D eigenvalue weighted by Gasteiger charge is 2.31. The molecular weight excluding hydrogens is 277 g/mol. The number of rotatable bonds is 5. The minimum absolute atomic E-state index is 0.262. The maximum absolute atomic E-state index is 4.50. The van der Waals surface area contributed by atoms with Crippen LogP contribution in [0.5, 0.6) is 0 Å². The van der Waals surface area contributed by atoms with Crippen molar-refractivity contribution in [3.05, 3.63) is 35.4 Å². The summed E-state index contributed by atoms with van der Waals surface area (Å²) in [5.74, 6) is 0. The van der Waals surface area contributed by atoms with Gasteiger partial charge in [-0.1, -0.05) is 13.0 Å². The Morgan fingerprint density at radius 3 is 2.19 bits per heavy atom. The van der Waals surface area contributed by atoms with E-state index in [0.29, 0.717) is 0 Å². The third-order valence-electron chi connectivity index (χ3n) is 4.32. The summed E-state index contributed by atoms with van der Waals surface area (Å²) < 4.78 is 5.50. The fraction of sp³-hybridized carbons (Fsp3) is 0.588. The lowest BCUT2D eigenvalue weighted by atomic mass is 10.3. The zero-order valence-corrected chi connectivity index (χ0v) is 13.9. The van der Waals surface area contributed by atoms with Crippen LogP contribution in [0, 0.1) is 0 Å². The molecule has 0 bridgehead atoms. The molecule has 1 aromatic heterocycles. The fourth-order valence-corrected chi connectivity index (χ4v) is 6.19. The number of hydrogen-bond donors (Lipinski definition) is 0. The van der Waals surface area contributed by atoms with Crippen LogP contribution in [0.2, 0.25) is 0 Å². The van der Waals surface area contributed by atoms with E-state index >= 15 is 0 Å². The molecule has 0 aliphatic carbocycles. The van der Waals surface area contributed by atoms with Crippen LogP contribution in [-0.4, -0.2) is 40.5 Å². The molecule has 0 atom stereocenters. The Kier molecular flexibility index (Phi) is 5.40. The van der Waals surface area contributed by atoms with Gasteiger partial charge >= 0.3 is 0 Å². The van der Waals surface area contributed by atoms with Crippen molar-refractivity contribution in [3.8, 4) is 0 Å². The van der Waals surface area contributed by atoms with Gasteiger partial charge in [0.15, 0.2) is 0 Å². The van der Waals surface area contributed by atoms with Crippen molar-refractivity contribution in [3.63, 3.8) is 0 Å². The van der Waals surface area contributed by atoms with Crippen molar-refractivity contribution in [1.29, 1.82) is 0 Å². The van der Waals surface area contributed by atoms with Gasteiger partial charge in [-0.3, -0.25) is 14.3 Å². The van der Waals surface area contributed by atoms with Gasteiger partial charge in [0.05, 0.1) is 13.9 Å². The number of pyridine rings is 1. The van der Waals surface area contributed by atoms with E-state index in [4.69, 9.17) is 0 Å². The van der Waals surface area contributed by atoms with Crippen LogP contribution >= 0.6 is 8.22 Å². The van der Waals surface area contributed by atoms with Crippen LogP contribution in [-0.2, 0) is 0 Å². The van der Waals surface area contributed by atoms with Crippen molar-refractivity contribution >= 4 is 14.3 Å². The minimum Gasteiger partial charge on any atom is -0.266 e. The number of hydrogen-bond acceptors (Lipinski definition) is 3. The topological polar surface area (TPSA) is 19.4 Å². The van der Waals surface area contributed by atoms with Crippen molar-refractivity contribution in [2.75, 3.05) is 26.2 Å². The molecule has 4 heteroatoms. The van der Waals surface area contributed by atoms with Gasteiger partial charge in [0, 0.05) is 32.4 Å². The highest BCUT2D eigenvalue weighted by atomic mass is 31.1. The van der Waals surface area contributed by atoms with Crippen molar-refractivity contribution in [1.82, 2.24) is 14.3 Å². The lowest BCUT2D eigenvalue weighted by Gasteiger charge is -2.36. The predicted octanol–water partition coefficient (Wildman–Crippen LogP) is 4.34. The van der Waals surface area contributed by atoms with E-state index in [9.17, 15) is 0 Å². The molecule has 2 aliphatic heterocycles. The number of nitrogens with zero attached hydrogens (tertiary/aromatic N) is 3. The Morgan fingerprint density at radius 1 is 1.10 bits per heavy atom. The van der Waals surface area contributed by atoms with E-state index < -0.39 is 0 Å². The number of allylic oxidation sites excluding steroid dienone is 1. The monoisotopic (exact) mass is 303 g/mol. The highest BCUT2D eigenvalue weighted by molar-refractivity contribution is 7.57. The van der Waals surface area contributed by atoms with Crippen LogP contribution in [0.25, 0.3) is 6.08 Å². The predicted molar refractivity (Wildman–Crippen MR) is 91.0 cm³/mol. The standard InChI is InChI=1S/C17H26N3P/c1-2-17(15-16-9-3-4-10-18-16)21(19-11-5-6-12-19)20-13-7-8-14-20/h3-4,9-10,15H,2,5-8,11-14H2,1H3/b17-15+. The summed E-state index contributed by atoms with van der Waals surface area (Å²) in [6.45, 7) is 7.42. The zero-order valence-electron chi connectivity index (χ0n) is 13.0. The molecule has 0 N–H and O–H groups in total. The summed E-state index contributed by atoms with van der Waals surface area (Å²) in [5, 5.41) is 1.59. The average molecular weight is 303 g/mol. The quantitative estimate of drug-likeness (QED) is 0.754. The summed E-state index contributed by atoms with van der Waals surface area (Å²) in [4.78, 5) is 4.50. The van der Waals surface area contributed by atoms with E-state index in [-0.39, 0.29) is 8.22 Å². The van der Waals surface area contributed by atoms with Gasteiger partial charge in [0.2, 0.25) is 0 Å². The summed E-state index contributed by atoms with van der Waals surface area (Å²) in [6.07, 6.45) is 10.9. The Hall–Kier alpha value is -0.760. The third kappa shape index (κ3) is 3.71. The first-order valence-corrected chi connectivity index (χ1v) is 9.54. The maximum Gasteiger partial charge on any atom is 0.0682 e. The Balaban J connectivity index is 1.86. The fourth-order valence-electron chi connectivity index (χ4n) is 3.26. The molecule has 0 unspecified atom stereocenters. The van der Waals surface area contributed by atoms with E-state index in [2.05, 4.69) is 39.5 Å². The molecule has 0 saturated carbocycles. The van der Waals surface area contributed by atoms with Crippen LogP contribution in [0.1, 0.15) is 44.7 Å². The molecule has 114 valence electrons. The first-order chi connectivity index (χ1) is 10.4. The van der Waals surface area contributed by atoms with Crippen LogP contribution in [0.3, 0.4) is 0 Å². The van der Waals surface area contributed by atoms with Crippen molar-refractivity contribution in [2.45, 2.75) is 39.0 Å². The molecular formula is C17H26N3P. The van der Waals surface area contributed by atoms with Crippen LogP contribution in [0.4, 0.5) is 0 Å². The van der Waals surface area contributed by atoms with Crippen molar-refractivity contribution < 1.29 is 0 Å². The van der Waals surface area contributed by atoms with Gasteiger partial charge in [0.1, 0.15) is 0 Å². The third-order valence-corrected chi connectivity index (χ3v) is 7.15. The first-order valence-electron chi connectivity index (χ1n) is 8.30. The van der Waals surface area contributed by atoms with Gasteiger partial charge in [0.25, 0.3) is 0 Å². The summed E-state index contributed by atoms with van der Waals surface area (Å²) in [5.41, 5.74) is 1.11. The van der Waals surface area contributed by atoms with E-state index in [1.54, 1.807) is 5.31 Å². The largest absolute Gasteiger partial charge is 0.266 e. The molecule has 3 rings (SSSR count). The second kappa shape index (κ2) is 7.49. The SMILES string of the molecule is CC/C(=C\c1ccccn1)P(N1CCCC1)N1CCCC1. The van der Waals surface area contributed by atoms with Gasteiger partial charge in [-0.15, -0.1) is 0 Å². The Bertz CT molecular complexity index is 446. The van der Waals surface area contributed by atoms with Gasteiger partial charge in [-0.2, -0.15) is 0 Å². The number of aromatic nitrogens is 1. The molecule has 0 aromatic carbocycles. The second-order valence-corrected chi connectivity index (χ2v) is 8.14. The van der Waals surface area contributed by atoms with Crippen LogP contribution in [0.15, 0.2) is 29.7 Å². The lowest BCUT2D eigenvalue weighted by Crippen LogP contribution is -2.25. The minimum atomic E-state index is -0.262. The molecule has 2 aliphatic rings. The maximum atomic E-state index is 4.50. The molecule has 21 heavy (non-hydrogen) atoms. The van der Waals surface area contributed by atoms with Crippen LogP contribution < -0.4 is 0 Å². The van der Waals surface area contributed by atoms with Crippen molar-refractivity contribution in [2.24, 2.45) is 0 Å². The average Bonchev–Trinajstić information content (AvgIpc) is 3.21. The van der Waals surface area contributed by atoms with Gasteiger partial charge < -0.3 is 0 Å².